The molecule has 0 aromatic carbocycles. The van der Waals surface area contributed by atoms with E-state index in [1.165, 1.54) is 0 Å². The Kier molecular flexibility index (Phi) is 2.77. The second kappa shape index (κ2) is 3.44. The number of halogens is 1. The molecule has 0 N–H and O–H groups in total. The Labute approximate surface area is 71.9 Å². The van der Waals surface area contributed by atoms with Crippen molar-refractivity contribution in [3.8, 4) is 0 Å². The molecule has 0 heterocycles. The van der Waals surface area contributed by atoms with Crippen molar-refractivity contribution in [1.29, 1.82) is 0 Å². The van der Waals surface area contributed by atoms with E-state index >= 15 is 0 Å². The van der Waals surface area contributed by atoms with Gasteiger partial charge in [0.2, 0.25) is 0 Å². The highest BCUT2D eigenvalue weighted by atomic mass is 35.5. The topological polar surface area (TPSA) is 26.3 Å². The van der Waals surface area contributed by atoms with Gasteiger partial charge in [-0.15, -0.1) is 11.6 Å². The number of carbonyl (C=O) groups is 1. The largest absolute Gasteiger partial charge is 0.466 e. The predicted molar refractivity (Wildman–Crippen MR) is 43.6 cm³/mol. The zero-order valence-electron chi connectivity index (χ0n) is 6.73. The molecule has 3 heteroatoms. The molecule has 0 aromatic heterocycles. The van der Waals surface area contributed by atoms with E-state index in [9.17, 15) is 4.79 Å². The molecule has 0 unspecified atom stereocenters. The third kappa shape index (κ3) is 1.51. The van der Waals surface area contributed by atoms with Crippen LogP contribution >= 0.6 is 11.6 Å². The summed E-state index contributed by atoms with van der Waals surface area (Å²) in [4.78, 5) is 11.3. The predicted octanol–water partition coefficient (Wildman–Crippen LogP) is 1.96. The minimum absolute atomic E-state index is 0.110. The van der Waals surface area contributed by atoms with Crippen molar-refractivity contribution in [2.75, 3.05) is 12.5 Å². The molecule has 2 nitrogen and oxygen atoms in total. The number of hydrogen-bond acceptors (Lipinski definition) is 2. The maximum Gasteiger partial charge on any atom is 0.313 e. The quantitative estimate of drug-likeness (QED) is 0.486. The van der Waals surface area contributed by atoms with Crippen LogP contribution in [0.25, 0.3) is 0 Å². The molecule has 0 saturated heterocycles. The molecule has 1 aliphatic carbocycles. The van der Waals surface area contributed by atoms with Gasteiger partial charge in [-0.3, -0.25) is 4.79 Å². The summed E-state index contributed by atoms with van der Waals surface area (Å²) in [5.74, 6) is 0.299. The lowest BCUT2D eigenvalue weighted by molar-refractivity contribution is -0.159. The van der Waals surface area contributed by atoms with Crippen molar-refractivity contribution in [2.24, 2.45) is 5.41 Å². The maximum absolute atomic E-state index is 11.3. The van der Waals surface area contributed by atoms with Gasteiger partial charge < -0.3 is 4.74 Å². The maximum atomic E-state index is 11.3. The van der Waals surface area contributed by atoms with Crippen molar-refractivity contribution in [3.05, 3.63) is 0 Å². The number of rotatable bonds is 3. The van der Waals surface area contributed by atoms with Crippen LogP contribution in [0.15, 0.2) is 0 Å². The summed E-state index contributed by atoms with van der Waals surface area (Å²) in [6.07, 6.45) is 2.90. The average Bonchev–Trinajstić information content (AvgIpc) is 1.87. The van der Waals surface area contributed by atoms with Crippen molar-refractivity contribution in [1.82, 2.24) is 0 Å². The van der Waals surface area contributed by atoms with Gasteiger partial charge in [-0.25, -0.2) is 0 Å². The lowest BCUT2D eigenvalue weighted by Crippen LogP contribution is -2.41. The van der Waals surface area contributed by atoms with E-state index in [1.807, 2.05) is 6.92 Å². The van der Waals surface area contributed by atoms with Gasteiger partial charge in [0.1, 0.15) is 0 Å². The molecule has 0 spiro atoms. The minimum atomic E-state index is -0.322. The molecule has 11 heavy (non-hydrogen) atoms. The molecular weight excluding hydrogens is 164 g/mol. The molecule has 1 saturated carbocycles. The minimum Gasteiger partial charge on any atom is -0.466 e. The molecule has 0 aliphatic heterocycles. The van der Waals surface area contributed by atoms with Gasteiger partial charge in [-0.2, -0.15) is 0 Å². The Morgan fingerprint density at radius 2 is 2.27 bits per heavy atom. The molecule has 64 valence electrons. The Bertz CT molecular complexity index is 147. The summed E-state index contributed by atoms with van der Waals surface area (Å²) in [7, 11) is 0. The van der Waals surface area contributed by atoms with Crippen molar-refractivity contribution in [3.63, 3.8) is 0 Å². The number of ether oxygens (including phenoxy) is 1. The molecule has 1 fully saturated rings. The van der Waals surface area contributed by atoms with E-state index in [-0.39, 0.29) is 11.4 Å². The number of esters is 1. The third-order valence-electron chi connectivity index (χ3n) is 2.27. The molecule has 1 aliphatic rings. The van der Waals surface area contributed by atoms with Gasteiger partial charge in [0.15, 0.2) is 0 Å². The lowest BCUT2D eigenvalue weighted by atomic mass is 9.70. The summed E-state index contributed by atoms with van der Waals surface area (Å²) in [6.45, 7) is 2.27. The van der Waals surface area contributed by atoms with Crippen LogP contribution in [-0.4, -0.2) is 18.5 Å². The highest BCUT2D eigenvalue weighted by Crippen LogP contribution is 2.42. The molecule has 0 amide bonds. The van der Waals surface area contributed by atoms with Gasteiger partial charge in [0.05, 0.1) is 12.0 Å². The zero-order valence-corrected chi connectivity index (χ0v) is 7.49. The van der Waals surface area contributed by atoms with E-state index in [2.05, 4.69) is 0 Å². The first-order valence-corrected chi connectivity index (χ1v) is 4.52. The van der Waals surface area contributed by atoms with Crippen LogP contribution in [-0.2, 0) is 9.53 Å². The molecule has 1 rings (SSSR count). The SMILES string of the molecule is CCOC(=O)C1(CCl)CCC1. The van der Waals surface area contributed by atoms with E-state index in [4.69, 9.17) is 16.3 Å². The third-order valence-corrected chi connectivity index (χ3v) is 2.79. The molecule has 0 radical (unpaired) electrons. The first kappa shape index (κ1) is 8.85. The second-order valence-electron chi connectivity index (χ2n) is 2.99. The first-order chi connectivity index (χ1) is 5.25. The smallest absolute Gasteiger partial charge is 0.313 e. The Morgan fingerprint density at radius 1 is 1.64 bits per heavy atom. The summed E-state index contributed by atoms with van der Waals surface area (Å²) < 4.78 is 4.92. The van der Waals surface area contributed by atoms with Gasteiger partial charge in [-0.05, 0) is 19.8 Å². The molecule has 0 aromatic rings. The Morgan fingerprint density at radius 3 is 2.55 bits per heavy atom. The van der Waals surface area contributed by atoms with Crippen molar-refractivity contribution >= 4 is 17.6 Å². The van der Waals surface area contributed by atoms with E-state index in [1.54, 1.807) is 0 Å². The van der Waals surface area contributed by atoms with Crippen molar-refractivity contribution < 1.29 is 9.53 Å². The Balaban J connectivity index is 2.47. The highest BCUT2D eigenvalue weighted by Gasteiger charge is 2.44. The van der Waals surface area contributed by atoms with Crippen LogP contribution in [0.5, 0.6) is 0 Å². The molecular formula is C8H13ClO2. The second-order valence-corrected chi connectivity index (χ2v) is 3.26. The van der Waals surface area contributed by atoms with Crippen LogP contribution in [0.4, 0.5) is 0 Å². The van der Waals surface area contributed by atoms with Crippen LogP contribution in [0, 0.1) is 5.41 Å². The number of alkyl halides is 1. The first-order valence-electron chi connectivity index (χ1n) is 3.98. The zero-order chi connectivity index (χ0) is 8.32. The van der Waals surface area contributed by atoms with Gasteiger partial charge in [0, 0.05) is 5.88 Å². The lowest BCUT2D eigenvalue weighted by Gasteiger charge is -2.37. The normalized spacial score (nSPS) is 20.5. The van der Waals surface area contributed by atoms with Gasteiger partial charge in [-0.1, -0.05) is 6.42 Å². The summed E-state index contributed by atoms with van der Waals surface area (Å²) >= 11 is 5.69. The van der Waals surface area contributed by atoms with Gasteiger partial charge in [0.25, 0.3) is 0 Å². The van der Waals surface area contributed by atoms with E-state index < -0.39 is 0 Å². The molecule has 0 atom stereocenters. The fraction of sp³-hybridized carbons (Fsp3) is 0.875. The number of hydrogen-bond donors (Lipinski definition) is 0. The van der Waals surface area contributed by atoms with Crippen molar-refractivity contribution in [2.45, 2.75) is 26.2 Å². The standard InChI is InChI=1S/C8H13ClO2/c1-2-11-7(10)8(6-9)4-3-5-8/h2-6H2,1H3. The van der Waals surface area contributed by atoms with Crippen LogP contribution in [0.2, 0.25) is 0 Å². The van der Waals surface area contributed by atoms with Crippen LogP contribution in [0.1, 0.15) is 26.2 Å². The highest BCUT2D eigenvalue weighted by molar-refractivity contribution is 6.19. The summed E-state index contributed by atoms with van der Waals surface area (Å²) in [5, 5.41) is 0. The van der Waals surface area contributed by atoms with Crippen LogP contribution < -0.4 is 0 Å². The number of carbonyl (C=O) groups excluding carboxylic acids is 1. The van der Waals surface area contributed by atoms with Gasteiger partial charge >= 0.3 is 5.97 Å². The average molecular weight is 177 g/mol. The fourth-order valence-electron chi connectivity index (χ4n) is 1.28. The Hall–Kier alpha value is -0.240. The van der Waals surface area contributed by atoms with E-state index in [0.717, 1.165) is 19.3 Å². The summed E-state index contributed by atoms with van der Waals surface area (Å²) in [5.41, 5.74) is -0.322. The summed E-state index contributed by atoms with van der Waals surface area (Å²) in [6, 6.07) is 0. The molecule has 0 bridgehead atoms. The van der Waals surface area contributed by atoms with Crippen LogP contribution in [0.3, 0.4) is 0 Å². The fourth-order valence-corrected chi connectivity index (χ4v) is 1.66. The van der Waals surface area contributed by atoms with E-state index in [0.29, 0.717) is 12.5 Å². The monoisotopic (exact) mass is 176 g/mol.